The molecule has 4 N–H and O–H groups in total. The number of aryl methyl sites for hydroxylation is 1. The van der Waals surface area contributed by atoms with Crippen molar-refractivity contribution in [2.45, 2.75) is 25.5 Å². The molecular weight excluding hydrogens is 274 g/mol. The van der Waals surface area contributed by atoms with Crippen molar-refractivity contribution in [3.63, 3.8) is 0 Å². The molecule has 1 aromatic carbocycles. The van der Waals surface area contributed by atoms with E-state index < -0.39 is 6.10 Å². The van der Waals surface area contributed by atoms with Gasteiger partial charge in [0.2, 0.25) is 0 Å². The van der Waals surface area contributed by atoms with Crippen LogP contribution in [0.15, 0.2) is 24.3 Å². The topological polar surface area (TPSA) is 88.2 Å². The van der Waals surface area contributed by atoms with Gasteiger partial charge < -0.3 is 16.2 Å². The molecule has 0 unspecified atom stereocenters. The van der Waals surface area contributed by atoms with Crippen molar-refractivity contribution in [2.24, 2.45) is 0 Å². The Kier molecular flexibility index (Phi) is 3.19. The summed E-state index contributed by atoms with van der Waals surface area (Å²) in [7, 11) is 0. The summed E-state index contributed by atoms with van der Waals surface area (Å²) < 4.78 is 0. The number of nitrogens with two attached hydrogens (primary N) is 1. The van der Waals surface area contributed by atoms with Crippen LogP contribution in [0.2, 0.25) is 0 Å². The maximum absolute atomic E-state index is 12.3. The summed E-state index contributed by atoms with van der Waals surface area (Å²) >= 11 is 1.16. The molecule has 0 bridgehead atoms. The first kappa shape index (κ1) is 13.1. The highest BCUT2D eigenvalue weighted by molar-refractivity contribution is 7.17. The van der Waals surface area contributed by atoms with E-state index in [2.05, 4.69) is 10.3 Å². The van der Waals surface area contributed by atoms with Crippen LogP contribution in [0.25, 0.3) is 0 Å². The molecule has 1 aromatic heterocycles. The lowest BCUT2D eigenvalue weighted by atomic mass is 10.1. The summed E-state index contributed by atoms with van der Waals surface area (Å²) in [6.45, 7) is 1.75. The van der Waals surface area contributed by atoms with Gasteiger partial charge in [-0.1, -0.05) is 35.6 Å². The lowest BCUT2D eigenvalue weighted by Crippen LogP contribution is -2.33. The van der Waals surface area contributed by atoms with Crippen LogP contribution in [-0.2, 0) is 6.42 Å². The quantitative estimate of drug-likeness (QED) is 0.780. The Morgan fingerprint density at radius 1 is 1.50 bits per heavy atom. The van der Waals surface area contributed by atoms with E-state index in [0.29, 0.717) is 22.1 Å². The Hall–Kier alpha value is -1.92. The van der Waals surface area contributed by atoms with Gasteiger partial charge in [-0.15, -0.1) is 0 Å². The zero-order valence-corrected chi connectivity index (χ0v) is 11.8. The lowest BCUT2D eigenvalue weighted by Gasteiger charge is -2.17. The number of fused-ring (bicyclic) bond motifs is 1. The number of rotatable bonds is 2. The summed E-state index contributed by atoms with van der Waals surface area (Å²) in [5.41, 5.74) is 8.27. The van der Waals surface area contributed by atoms with Crippen LogP contribution in [-0.4, -0.2) is 22.1 Å². The number of nitrogen functional groups attached to an aromatic ring is 1. The zero-order valence-electron chi connectivity index (χ0n) is 11.0. The average molecular weight is 289 g/mol. The Bertz CT molecular complexity index is 668. The van der Waals surface area contributed by atoms with E-state index >= 15 is 0 Å². The Morgan fingerprint density at radius 2 is 2.25 bits per heavy atom. The number of carbonyl (C=O) groups excluding carboxylic acids is 1. The van der Waals surface area contributed by atoms with Crippen molar-refractivity contribution in [1.29, 1.82) is 0 Å². The third kappa shape index (κ3) is 2.17. The van der Waals surface area contributed by atoms with E-state index in [-0.39, 0.29) is 11.9 Å². The second-order valence-corrected chi connectivity index (χ2v) is 5.92. The van der Waals surface area contributed by atoms with Crippen molar-refractivity contribution in [1.82, 2.24) is 10.3 Å². The first-order valence-corrected chi connectivity index (χ1v) is 7.17. The van der Waals surface area contributed by atoms with E-state index in [1.54, 1.807) is 6.92 Å². The van der Waals surface area contributed by atoms with Gasteiger partial charge in [-0.25, -0.2) is 4.98 Å². The van der Waals surface area contributed by atoms with Crippen molar-refractivity contribution < 1.29 is 9.90 Å². The molecule has 0 aliphatic heterocycles. The summed E-state index contributed by atoms with van der Waals surface area (Å²) in [6, 6.07) is 7.38. The molecule has 1 amide bonds. The molecule has 2 aromatic rings. The number of aliphatic hydroxyl groups excluding tert-OH is 1. The highest BCUT2D eigenvalue weighted by Gasteiger charge is 2.32. The molecule has 0 fully saturated rings. The third-order valence-corrected chi connectivity index (χ3v) is 4.50. The number of anilines is 1. The normalized spacial score (nSPS) is 20.7. The number of hydrogen-bond acceptors (Lipinski definition) is 5. The average Bonchev–Trinajstić information content (AvgIpc) is 2.90. The molecule has 1 aliphatic rings. The van der Waals surface area contributed by atoms with Gasteiger partial charge in [0.15, 0.2) is 5.13 Å². The molecule has 1 heterocycles. The number of hydrogen-bond donors (Lipinski definition) is 3. The second-order valence-electron chi connectivity index (χ2n) is 4.89. The van der Waals surface area contributed by atoms with Crippen molar-refractivity contribution in [3.05, 3.63) is 46.0 Å². The molecule has 6 heteroatoms. The molecule has 3 rings (SSSR count). The standard InChI is InChI=1S/C14H15N3O2S/c1-7-12(20-14(15)16-7)13(19)17-11-9-5-3-2-4-8(9)6-10(11)18/h2-5,10-11,18H,6H2,1H3,(H2,15,16)(H,17,19)/t10-,11+/m1/s1. The van der Waals surface area contributed by atoms with Crippen LogP contribution < -0.4 is 11.1 Å². The van der Waals surface area contributed by atoms with Crippen LogP contribution in [0.1, 0.15) is 32.5 Å². The van der Waals surface area contributed by atoms with Crippen LogP contribution in [0, 0.1) is 6.92 Å². The van der Waals surface area contributed by atoms with Gasteiger partial charge in [0.05, 0.1) is 17.8 Å². The number of nitrogens with zero attached hydrogens (tertiary/aromatic N) is 1. The van der Waals surface area contributed by atoms with E-state index in [9.17, 15) is 9.90 Å². The minimum absolute atomic E-state index is 0.238. The molecule has 5 nitrogen and oxygen atoms in total. The molecule has 0 spiro atoms. The molecule has 0 saturated carbocycles. The molecule has 20 heavy (non-hydrogen) atoms. The predicted molar refractivity (Wildman–Crippen MR) is 77.6 cm³/mol. The van der Waals surface area contributed by atoms with Crippen LogP contribution in [0.5, 0.6) is 0 Å². The van der Waals surface area contributed by atoms with Gasteiger partial charge in [-0.05, 0) is 18.1 Å². The van der Waals surface area contributed by atoms with Gasteiger partial charge >= 0.3 is 0 Å². The van der Waals surface area contributed by atoms with Gasteiger partial charge in [0.25, 0.3) is 5.91 Å². The van der Waals surface area contributed by atoms with E-state index in [0.717, 1.165) is 22.5 Å². The summed E-state index contributed by atoms with van der Waals surface area (Å²) in [6.07, 6.45) is -0.0350. The van der Waals surface area contributed by atoms with Crippen LogP contribution >= 0.6 is 11.3 Å². The van der Waals surface area contributed by atoms with Gasteiger partial charge in [-0.2, -0.15) is 0 Å². The molecule has 0 radical (unpaired) electrons. The fraction of sp³-hybridized carbons (Fsp3) is 0.286. The Morgan fingerprint density at radius 3 is 2.95 bits per heavy atom. The Labute approximate surface area is 120 Å². The summed E-state index contributed by atoms with van der Waals surface area (Å²) in [4.78, 5) is 16.8. The monoisotopic (exact) mass is 289 g/mol. The summed E-state index contributed by atoms with van der Waals surface area (Å²) in [5.74, 6) is -0.238. The molecule has 0 saturated heterocycles. The van der Waals surface area contributed by atoms with Crippen LogP contribution in [0.4, 0.5) is 5.13 Å². The predicted octanol–water partition coefficient (Wildman–Crippen LogP) is 1.42. The van der Waals surface area contributed by atoms with Crippen molar-refractivity contribution in [2.75, 3.05) is 5.73 Å². The zero-order chi connectivity index (χ0) is 14.3. The number of nitrogens with one attached hydrogen (secondary N) is 1. The lowest BCUT2D eigenvalue weighted by molar-refractivity contribution is 0.0861. The first-order chi connectivity index (χ1) is 9.56. The highest BCUT2D eigenvalue weighted by Crippen LogP contribution is 2.32. The SMILES string of the molecule is Cc1nc(N)sc1C(=O)N[C@H]1c2ccccc2C[C@H]1O. The first-order valence-electron chi connectivity index (χ1n) is 6.36. The van der Waals surface area contributed by atoms with Crippen molar-refractivity contribution >= 4 is 22.4 Å². The molecule has 2 atom stereocenters. The number of thiazole rings is 1. The fourth-order valence-corrected chi connectivity index (χ4v) is 3.32. The van der Waals surface area contributed by atoms with Crippen LogP contribution in [0.3, 0.4) is 0 Å². The number of aromatic nitrogens is 1. The molecule has 104 valence electrons. The summed E-state index contributed by atoms with van der Waals surface area (Å²) in [5, 5.41) is 13.4. The molecule has 1 aliphatic carbocycles. The second kappa shape index (κ2) is 4.88. The van der Waals surface area contributed by atoms with Gasteiger partial charge in [0.1, 0.15) is 4.88 Å². The number of aliphatic hydroxyl groups is 1. The van der Waals surface area contributed by atoms with Crippen molar-refractivity contribution in [3.8, 4) is 0 Å². The fourth-order valence-electron chi connectivity index (χ4n) is 2.58. The minimum Gasteiger partial charge on any atom is -0.390 e. The van der Waals surface area contributed by atoms with E-state index in [4.69, 9.17) is 5.73 Å². The Balaban J connectivity index is 1.85. The van der Waals surface area contributed by atoms with Gasteiger partial charge in [-0.3, -0.25) is 4.79 Å². The number of benzene rings is 1. The highest BCUT2D eigenvalue weighted by atomic mass is 32.1. The third-order valence-electron chi connectivity index (χ3n) is 3.51. The largest absolute Gasteiger partial charge is 0.390 e. The maximum atomic E-state index is 12.3. The smallest absolute Gasteiger partial charge is 0.263 e. The minimum atomic E-state index is -0.595. The maximum Gasteiger partial charge on any atom is 0.263 e. The number of carbonyl (C=O) groups is 1. The van der Waals surface area contributed by atoms with Gasteiger partial charge in [0, 0.05) is 6.42 Å². The van der Waals surface area contributed by atoms with E-state index in [1.807, 2.05) is 24.3 Å². The molecular formula is C14H15N3O2S. The number of amides is 1. The van der Waals surface area contributed by atoms with E-state index in [1.165, 1.54) is 0 Å².